The summed E-state index contributed by atoms with van der Waals surface area (Å²) in [6.07, 6.45) is 1.14. The normalized spacial score (nSPS) is 12.2. The van der Waals surface area contributed by atoms with Crippen LogP contribution < -0.4 is 4.90 Å². The summed E-state index contributed by atoms with van der Waals surface area (Å²) in [4.78, 5) is 6.25. The van der Waals surface area contributed by atoms with E-state index in [9.17, 15) is 9.50 Å². The van der Waals surface area contributed by atoms with Crippen LogP contribution in [-0.4, -0.2) is 16.6 Å². The van der Waals surface area contributed by atoms with Gasteiger partial charge < -0.3 is 10.0 Å². The van der Waals surface area contributed by atoms with Crippen LogP contribution in [0.4, 0.5) is 15.8 Å². The molecule has 4 heteroatoms. The topological polar surface area (TPSA) is 36.4 Å². The van der Waals surface area contributed by atoms with Crippen LogP contribution in [0.5, 0.6) is 0 Å². The minimum Gasteiger partial charge on any atom is -0.387 e. The molecule has 1 atom stereocenters. The summed E-state index contributed by atoms with van der Waals surface area (Å²) in [5.41, 5.74) is 2.47. The molecule has 0 aliphatic carbocycles. The predicted octanol–water partition coefficient (Wildman–Crippen LogP) is 3.43. The molecule has 0 bridgehead atoms. The zero-order valence-electron chi connectivity index (χ0n) is 11.0. The van der Waals surface area contributed by atoms with Crippen LogP contribution in [-0.2, 0) is 0 Å². The van der Waals surface area contributed by atoms with Gasteiger partial charge in [0.15, 0.2) is 0 Å². The Hall–Kier alpha value is -1.94. The Kier molecular flexibility index (Phi) is 4.12. The van der Waals surface area contributed by atoms with Crippen molar-refractivity contribution in [3.05, 3.63) is 54.1 Å². The Balaban J connectivity index is 2.28. The van der Waals surface area contributed by atoms with Crippen molar-refractivity contribution in [1.82, 2.24) is 4.98 Å². The highest BCUT2D eigenvalue weighted by Gasteiger charge is 2.09. The minimum absolute atomic E-state index is 0.248. The van der Waals surface area contributed by atoms with E-state index < -0.39 is 6.10 Å². The lowest BCUT2D eigenvalue weighted by molar-refractivity contribution is 0.194. The van der Waals surface area contributed by atoms with Crippen LogP contribution in [0, 0.1) is 5.82 Å². The zero-order chi connectivity index (χ0) is 13.8. The predicted molar refractivity (Wildman–Crippen MR) is 74.0 cm³/mol. The number of benzene rings is 1. The zero-order valence-corrected chi connectivity index (χ0v) is 11.0. The van der Waals surface area contributed by atoms with E-state index in [1.807, 2.05) is 17.9 Å². The molecule has 2 rings (SSSR count). The lowest BCUT2D eigenvalue weighted by Gasteiger charge is -2.23. The van der Waals surface area contributed by atoms with Gasteiger partial charge in [0.1, 0.15) is 5.82 Å². The van der Waals surface area contributed by atoms with Crippen LogP contribution in [0.15, 0.2) is 42.6 Å². The number of aliphatic hydroxyl groups excluding tert-OH is 1. The number of nitrogens with zero attached hydrogens (tertiary/aromatic N) is 2. The molecule has 2 aromatic rings. The summed E-state index contributed by atoms with van der Waals surface area (Å²) >= 11 is 0. The van der Waals surface area contributed by atoms with Gasteiger partial charge >= 0.3 is 0 Å². The fraction of sp³-hybridized carbons (Fsp3) is 0.267. The standard InChI is InChI=1S/C15H17FN2O/c1-3-18(13-6-4-12(16)5-7-13)14-8-9-15(11(2)19)17-10-14/h4-11,19H,3H2,1-2H3/t11-/m1/s1. The molecule has 1 N–H and O–H groups in total. The van der Waals surface area contributed by atoms with E-state index in [2.05, 4.69) is 4.98 Å². The van der Waals surface area contributed by atoms with Crippen LogP contribution >= 0.6 is 0 Å². The highest BCUT2D eigenvalue weighted by atomic mass is 19.1. The van der Waals surface area contributed by atoms with Gasteiger partial charge in [-0.2, -0.15) is 0 Å². The molecule has 19 heavy (non-hydrogen) atoms. The molecule has 0 saturated heterocycles. The van der Waals surface area contributed by atoms with E-state index in [0.717, 1.165) is 17.9 Å². The van der Waals surface area contributed by atoms with Gasteiger partial charge in [0, 0.05) is 12.2 Å². The van der Waals surface area contributed by atoms with E-state index >= 15 is 0 Å². The molecule has 1 aromatic carbocycles. The summed E-state index contributed by atoms with van der Waals surface area (Å²) in [5.74, 6) is -0.248. The summed E-state index contributed by atoms with van der Waals surface area (Å²) in [5, 5.41) is 9.44. The second-order valence-corrected chi connectivity index (χ2v) is 4.34. The highest BCUT2D eigenvalue weighted by Crippen LogP contribution is 2.25. The third kappa shape index (κ3) is 3.09. The number of anilines is 2. The molecule has 0 radical (unpaired) electrons. The molecule has 1 aromatic heterocycles. The van der Waals surface area contributed by atoms with Gasteiger partial charge in [0.05, 0.1) is 23.7 Å². The van der Waals surface area contributed by atoms with E-state index in [-0.39, 0.29) is 5.82 Å². The van der Waals surface area contributed by atoms with Crippen LogP contribution in [0.2, 0.25) is 0 Å². The van der Waals surface area contributed by atoms with Crippen molar-refractivity contribution in [2.24, 2.45) is 0 Å². The average Bonchev–Trinajstić information content (AvgIpc) is 2.42. The fourth-order valence-electron chi connectivity index (χ4n) is 1.94. The molecular weight excluding hydrogens is 243 g/mol. The van der Waals surface area contributed by atoms with Crippen molar-refractivity contribution in [3.8, 4) is 0 Å². The molecule has 1 heterocycles. The maximum absolute atomic E-state index is 12.9. The quantitative estimate of drug-likeness (QED) is 0.915. The second kappa shape index (κ2) is 5.80. The summed E-state index contributed by atoms with van der Waals surface area (Å²) < 4.78 is 12.9. The number of hydrogen-bond donors (Lipinski definition) is 1. The van der Waals surface area contributed by atoms with E-state index in [1.54, 1.807) is 31.3 Å². The van der Waals surface area contributed by atoms with Crippen molar-refractivity contribution < 1.29 is 9.50 Å². The molecule has 0 aliphatic rings. The minimum atomic E-state index is -0.574. The van der Waals surface area contributed by atoms with Crippen molar-refractivity contribution in [2.75, 3.05) is 11.4 Å². The van der Waals surface area contributed by atoms with Crippen LogP contribution in [0.1, 0.15) is 25.6 Å². The molecule has 0 amide bonds. The van der Waals surface area contributed by atoms with Gasteiger partial charge in [-0.05, 0) is 50.2 Å². The first-order chi connectivity index (χ1) is 9.11. The van der Waals surface area contributed by atoms with Crippen molar-refractivity contribution in [2.45, 2.75) is 20.0 Å². The fourth-order valence-corrected chi connectivity index (χ4v) is 1.94. The average molecular weight is 260 g/mol. The molecule has 3 nitrogen and oxygen atoms in total. The Morgan fingerprint density at radius 3 is 2.26 bits per heavy atom. The second-order valence-electron chi connectivity index (χ2n) is 4.34. The summed E-state index contributed by atoms with van der Waals surface area (Å²) in [7, 11) is 0. The van der Waals surface area contributed by atoms with Gasteiger partial charge in [-0.15, -0.1) is 0 Å². The number of hydrogen-bond acceptors (Lipinski definition) is 3. The van der Waals surface area contributed by atoms with Gasteiger partial charge in [-0.25, -0.2) is 4.39 Å². The van der Waals surface area contributed by atoms with Crippen molar-refractivity contribution in [3.63, 3.8) is 0 Å². The van der Waals surface area contributed by atoms with Gasteiger partial charge in [0.2, 0.25) is 0 Å². The number of rotatable bonds is 4. The number of halogens is 1. The highest BCUT2D eigenvalue weighted by molar-refractivity contribution is 5.62. The Morgan fingerprint density at radius 1 is 1.16 bits per heavy atom. The maximum Gasteiger partial charge on any atom is 0.123 e. The first-order valence-electron chi connectivity index (χ1n) is 6.29. The maximum atomic E-state index is 12.9. The lowest BCUT2D eigenvalue weighted by Crippen LogP contribution is -2.16. The molecule has 100 valence electrons. The van der Waals surface area contributed by atoms with Crippen LogP contribution in [0.3, 0.4) is 0 Å². The van der Waals surface area contributed by atoms with E-state index in [4.69, 9.17) is 0 Å². The van der Waals surface area contributed by atoms with E-state index in [1.165, 1.54) is 12.1 Å². The number of aromatic nitrogens is 1. The van der Waals surface area contributed by atoms with Crippen LogP contribution in [0.25, 0.3) is 0 Å². The third-order valence-electron chi connectivity index (χ3n) is 2.96. The molecule has 0 fully saturated rings. The molecule has 0 unspecified atom stereocenters. The molecule has 0 aliphatic heterocycles. The SMILES string of the molecule is CCN(c1ccc(F)cc1)c1ccc([C@@H](C)O)nc1. The molecule has 0 saturated carbocycles. The largest absolute Gasteiger partial charge is 0.387 e. The molecule has 0 spiro atoms. The molecular formula is C15H17FN2O. The lowest BCUT2D eigenvalue weighted by atomic mass is 10.2. The summed E-state index contributed by atoms with van der Waals surface area (Å²) in [6, 6.07) is 10.1. The van der Waals surface area contributed by atoms with Gasteiger partial charge in [-0.3, -0.25) is 4.98 Å². The number of aliphatic hydroxyl groups is 1. The Morgan fingerprint density at radius 2 is 1.79 bits per heavy atom. The van der Waals surface area contributed by atoms with Gasteiger partial charge in [0.25, 0.3) is 0 Å². The smallest absolute Gasteiger partial charge is 0.123 e. The van der Waals surface area contributed by atoms with Crippen molar-refractivity contribution in [1.29, 1.82) is 0 Å². The Bertz CT molecular complexity index is 523. The first-order valence-corrected chi connectivity index (χ1v) is 6.29. The summed E-state index contributed by atoms with van der Waals surface area (Å²) in [6.45, 7) is 4.45. The Labute approximate surface area is 112 Å². The van der Waals surface area contributed by atoms with E-state index in [0.29, 0.717) is 5.69 Å². The third-order valence-corrected chi connectivity index (χ3v) is 2.96. The van der Waals surface area contributed by atoms with Crippen molar-refractivity contribution >= 4 is 11.4 Å². The first kappa shape index (κ1) is 13.5. The monoisotopic (exact) mass is 260 g/mol. The number of pyridine rings is 1. The van der Waals surface area contributed by atoms with Gasteiger partial charge in [-0.1, -0.05) is 0 Å².